The Bertz CT molecular complexity index is 484. The molecule has 0 spiro atoms. The number of hydrogen-bond acceptors (Lipinski definition) is 4. The van der Waals surface area contributed by atoms with E-state index in [2.05, 4.69) is 31.2 Å². The smallest absolute Gasteiger partial charge is 0.130 e. The molecule has 5 heteroatoms. The van der Waals surface area contributed by atoms with Gasteiger partial charge in [-0.25, -0.2) is 9.97 Å². The molecule has 0 aliphatic heterocycles. The van der Waals surface area contributed by atoms with Gasteiger partial charge < -0.3 is 11.1 Å². The van der Waals surface area contributed by atoms with Crippen LogP contribution in [0.5, 0.6) is 0 Å². The molecule has 0 bridgehead atoms. The topological polar surface area (TPSA) is 63.8 Å². The van der Waals surface area contributed by atoms with E-state index < -0.39 is 0 Å². The van der Waals surface area contributed by atoms with E-state index in [4.69, 9.17) is 5.73 Å². The molecule has 3 N–H and O–H groups in total. The highest BCUT2D eigenvalue weighted by Crippen LogP contribution is 2.15. The number of hydrogen-bond donors (Lipinski definition) is 2. The number of halogens is 1. The second kappa shape index (κ2) is 5.63. The fourth-order valence-corrected chi connectivity index (χ4v) is 1.81. The Labute approximate surface area is 108 Å². The standard InChI is InChI=1S/C12H13BrN4/c13-9-2-1-3-11(6-9)15-5-4-12-16-7-10(14)8-17-12/h1-3,6-8,15H,4-5,14H2. The summed E-state index contributed by atoms with van der Waals surface area (Å²) >= 11 is 3.43. The largest absolute Gasteiger partial charge is 0.396 e. The fourth-order valence-electron chi connectivity index (χ4n) is 1.41. The molecule has 0 aliphatic rings. The first-order chi connectivity index (χ1) is 8.24. The van der Waals surface area contributed by atoms with Gasteiger partial charge in [0.25, 0.3) is 0 Å². The van der Waals surface area contributed by atoms with Crippen molar-refractivity contribution in [3.05, 3.63) is 47.0 Å². The van der Waals surface area contributed by atoms with Crippen molar-refractivity contribution < 1.29 is 0 Å². The first-order valence-electron chi connectivity index (χ1n) is 5.30. The molecule has 1 aromatic carbocycles. The highest BCUT2D eigenvalue weighted by atomic mass is 79.9. The molecule has 88 valence electrons. The van der Waals surface area contributed by atoms with Gasteiger partial charge in [0.05, 0.1) is 18.1 Å². The summed E-state index contributed by atoms with van der Waals surface area (Å²) in [6, 6.07) is 8.04. The van der Waals surface area contributed by atoms with Crippen LogP contribution < -0.4 is 11.1 Å². The van der Waals surface area contributed by atoms with Crippen LogP contribution in [-0.2, 0) is 6.42 Å². The quantitative estimate of drug-likeness (QED) is 0.909. The lowest BCUT2D eigenvalue weighted by molar-refractivity contribution is 0.895. The minimum atomic E-state index is 0.591. The Balaban J connectivity index is 1.85. The summed E-state index contributed by atoms with van der Waals surface area (Å²) in [7, 11) is 0. The van der Waals surface area contributed by atoms with Gasteiger partial charge in [-0.1, -0.05) is 22.0 Å². The summed E-state index contributed by atoms with van der Waals surface area (Å²) in [4.78, 5) is 8.28. The summed E-state index contributed by atoms with van der Waals surface area (Å²) in [6.07, 6.45) is 4.02. The third kappa shape index (κ3) is 3.71. The zero-order valence-electron chi connectivity index (χ0n) is 9.23. The molecule has 4 nitrogen and oxygen atoms in total. The molecule has 1 aromatic heterocycles. The van der Waals surface area contributed by atoms with Gasteiger partial charge >= 0.3 is 0 Å². The van der Waals surface area contributed by atoms with Crippen molar-refractivity contribution in [2.75, 3.05) is 17.6 Å². The van der Waals surface area contributed by atoms with Crippen molar-refractivity contribution >= 4 is 27.3 Å². The number of rotatable bonds is 4. The van der Waals surface area contributed by atoms with Crippen LogP contribution in [0.15, 0.2) is 41.1 Å². The predicted octanol–water partition coefficient (Wildman–Crippen LogP) is 2.48. The Morgan fingerprint density at radius 3 is 2.71 bits per heavy atom. The molecule has 17 heavy (non-hydrogen) atoms. The number of aromatic nitrogens is 2. The third-order valence-corrected chi connectivity index (χ3v) is 2.72. The lowest BCUT2D eigenvalue weighted by Crippen LogP contribution is -2.07. The highest BCUT2D eigenvalue weighted by molar-refractivity contribution is 9.10. The molecule has 0 fully saturated rings. The van der Waals surface area contributed by atoms with Gasteiger partial charge in [0.15, 0.2) is 0 Å². The van der Waals surface area contributed by atoms with Gasteiger partial charge in [0.1, 0.15) is 5.82 Å². The molecule has 0 saturated carbocycles. The molecule has 2 aromatic rings. The number of nitrogens with two attached hydrogens (primary N) is 1. The number of nitrogen functional groups attached to an aromatic ring is 1. The van der Waals surface area contributed by atoms with Crippen molar-refractivity contribution in [3.8, 4) is 0 Å². The Morgan fingerprint density at radius 1 is 1.24 bits per heavy atom. The molecule has 0 saturated heterocycles. The van der Waals surface area contributed by atoms with Crippen LogP contribution >= 0.6 is 15.9 Å². The van der Waals surface area contributed by atoms with Crippen LogP contribution in [0.4, 0.5) is 11.4 Å². The number of anilines is 2. The van der Waals surface area contributed by atoms with Gasteiger partial charge in [-0.15, -0.1) is 0 Å². The highest BCUT2D eigenvalue weighted by Gasteiger charge is 1.97. The summed E-state index contributed by atoms with van der Waals surface area (Å²) in [6.45, 7) is 0.792. The monoisotopic (exact) mass is 292 g/mol. The third-order valence-electron chi connectivity index (χ3n) is 2.23. The van der Waals surface area contributed by atoms with Gasteiger partial charge in [-0.3, -0.25) is 0 Å². The SMILES string of the molecule is Nc1cnc(CCNc2cccc(Br)c2)nc1. The van der Waals surface area contributed by atoms with E-state index in [1.54, 1.807) is 12.4 Å². The van der Waals surface area contributed by atoms with E-state index in [0.717, 1.165) is 29.0 Å². The normalized spacial score (nSPS) is 10.2. The van der Waals surface area contributed by atoms with Crippen LogP contribution in [0.3, 0.4) is 0 Å². The second-order valence-electron chi connectivity index (χ2n) is 3.62. The lowest BCUT2D eigenvalue weighted by Gasteiger charge is -2.05. The molecule has 0 unspecified atom stereocenters. The lowest BCUT2D eigenvalue weighted by atomic mass is 10.3. The first-order valence-corrected chi connectivity index (χ1v) is 6.09. The summed E-state index contributed by atoms with van der Waals surface area (Å²) < 4.78 is 1.06. The summed E-state index contributed by atoms with van der Waals surface area (Å²) in [5.41, 5.74) is 7.19. The molecule has 0 radical (unpaired) electrons. The van der Waals surface area contributed by atoms with Crippen LogP contribution in [0, 0.1) is 0 Å². The fraction of sp³-hybridized carbons (Fsp3) is 0.167. The molecule has 1 heterocycles. The first kappa shape index (κ1) is 11.9. The van der Waals surface area contributed by atoms with Crippen molar-refractivity contribution in [1.29, 1.82) is 0 Å². The average molecular weight is 293 g/mol. The van der Waals surface area contributed by atoms with Crippen LogP contribution in [0.25, 0.3) is 0 Å². The number of nitrogens with zero attached hydrogens (tertiary/aromatic N) is 2. The maximum atomic E-state index is 5.52. The van der Waals surface area contributed by atoms with Crippen LogP contribution in [-0.4, -0.2) is 16.5 Å². The molecule has 2 rings (SSSR count). The second-order valence-corrected chi connectivity index (χ2v) is 4.54. The average Bonchev–Trinajstić information content (AvgIpc) is 2.32. The van der Waals surface area contributed by atoms with Crippen molar-refractivity contribution in [2.24, 2.45) is 0 Å². The van der Waals surface area contributed by atoms with E-state index in [-0.39, 0.29) is 0 Å². The molecule has 0 aliphatic carbocycles. The van der Waals surface area contributed by atoms with E-state index in [0.29, 0.717) is 5.69 Å². The Hall–Kier alpha value is -1.62. The Morgan fingerprint density at radius 2 is 2.00 bits per heavy atom. The minimum Gasteiger partial charge on any atom is -0.396 e. The van der Waals surface area contributed by atoms with Gasteiger partial charge in [0, 0.05) is 23.1 Å². The number of nitrogens with one attached hydrogen (secondary N) is 1. The predicted molar refractivity (Wildman–Crippen MR) is 72.8 cm³/mol. The summed E-state index contributed by atoms with van der Waals surface area (Å²) in [5, 5.41) is 3.31. The maximum absolute atomic E-state index is 5.52. The van der Waals surface area contributed by atoms with Crippen molar-refractivity contribution in [1.82, 2.24) is 9.97 Å². The van der Waals surface area contributed by atoms with E-state index in [1.165, 1.54) is 0 Å². The molecular formula is C12H13BrN4. The Kier molecular flexibility index (Phi) is 3.93. The minimum absolute atomic E-state index is 0.591. The maximum Gasteiger partial charge on any atom is 0.130 e. The van der Waals surface area contributed by atoms with E-state index in [1.807, 2.05) is 24.3 Å². The van der Waals surface area contributed by atoms with E-state index >= 15 is 0 Å². The molecule has 0 amide bonds. The zero-order valence-corrected chi connectivity index (χ0v) is 10.8. The van der Waals surface area contributed by atoms with E-state index in [9.17, 15) is 0 Å². The summed E-state index contributed by atoms with van der Waals surface area (Å²) in [5.74, 6) is 0.793. The van der Waals surface area contributed by atoms with Crippen LogP contribution in [0.1, 0.15) is 5.82 Å². The molecular weight excluding hydrogens is 280 g/mol. The van der Waals surface area contributed by atoms with Gasteiger partial charge in [-0.05, 0) is 18.2 Å². The van der Waals surface area contributed by atoms with Crippen molar-refractivity contribution in [3.63, 3.8) is 0 Å². The van der Waals surface area contributed by atoms with Crippen molar-refractivity contribution in [2.45, 2.75) is 6.42 Å². The zero-order chi connectivity index (χ0) is 12.1. The van der Waals surface area contributed by atoms with Crippen LogP contribution in [0.2, 0.25) is 0 Å². The molecule has 0 atom stereocenters. The number of benzene rings is 1. The van der Waals surface area contributed by atoms with Gasteiger partial charge in [-0.2, -0.15) is 0 Å². The van der Waals surface area contributed by atoms with Gasteiger partial charge in [0.2, 0.25) is 0 Å².